The van der Waals surface area contributed by atoms with Crippen LogP contribution in [-0.4, -0.2) is 24.0 Å². The largest absolute Gasteiger partial charge is 0.336 e. The summed E-state index contributed by atoms with van der Waals surface area (Å²) in [4.78, 5) is 16.2. The van der Waals surface area contributed by atoms with Gasteiger partial charge in [-0.1, -0.05) is 42.5 Å². The lowest BCUT2D eigenvalue weighted by molar-refractivity contribution is 0.178. The summed E-state index contributed by atoms with van der Waals surface area (Å²) in [6.45, 7) is 4.52. The molecule has 0 spiro atoms. The Labute approximate surface area is 170 Å². The highest BCUT2D eigenvalue weighted by Crippen LogP contribution is 2.30. The third-order valence-electron chi connectivity index (χ3n) is 5.20. The van der Waals surface area contributed by atoms with Crippen molar-refractivity contribution in [2.24, 2.45) is 0 Å². The van der Waals surface area contributed by atoms with E-state index in [9.17, 15) is 4.79 Å². The van der Waals surface area contributed by atoms with E-state index in [0.29, 0.717) is 6.54 Å². The summed E-state index contributed by atoms with van der Waals surface area (Å²) in [6.07, 6.45) is 1.05. The molecule has 0 aliphatic carbocycles. The summed E-state index contributed by atoms with van der Waals surface area (Å²) < 4.78 is 0. The number of nitrogens with one attached hydrogen (secondary N) is 2. The smallest absolute Gasteiger partial charge is 0.319 e. The standard InChI is InChI=1S/C23H25N3OS/c1-17-6-4-9-20(14-17)25-23(27)24-15-21(22-10-5-13-28-22)26-12-11-18-7-2-3-8-19(18)16-26/h2-10,13-14,21H,11-12,15-16H2,1H3,(H2,24,25,27)/t21-/m1/s1. The molecule has 3 aromatic rings. The van der Waals surface area contributed by atoms with Crippen molar-refractivity contribution in [2.45, 2.75) is 25.9 Å². The van der Waals surface area contributed by atoms with Crippen molar-refractivity contribution in [3.63, 3.8) is 0 Å². The highest BCUT2D eigenvalue weighted by Gasteiger charge is 2.25. The summed E-state index contributed by atoms with van der Waals surface area (Å²) in [7, 11) is 0. The molecule has 2 aromatic carbocycles. The summed E-state index contributed by atoms with van der Waals surface area (Å²) in [5.74, 6) is 0. The minimum absolute atomic E-state index is 0.162. The molecule has 0 saturated heterocycles. The topological polar surface area (TPSA) is 44.4 Å². The van der Waals surface area contributed by atoms with Crippen LogP contribution in [0.4, 0.5) is 10.5 Å². The van der Waals surface area contributed by atoms with Crippen LogP contribution in [0.1, 0.15) is 27.6 Å². The Morgan fingerprint density at radius 1 is 1.11 bits per heavy atom. The van der Waals surface area contributed by atoms with Crippen LogP contribution < -0.4 is 10.6 Å². The van der Waals surface area contributed by atoms with Gasteiger partial charge in [0.2, 0.25) is 0 Å². The zero-order chi connectivity index (χ0) is 19.3. The lowest BCUT2D eigenvalue weighted by Crippen LogP contribution is -2.41. The number of rotatable bonds is 5. The number of fused-ring (bicyclic) bond motifs is 1. The fraction of sp³-hybridized carbons (Fsp3) is 0.261. The molecule has 0 fully saturated rings. The predicted octanol–water partition coefficient (Wildman–Crippen LogP) is 4.98. The normalized spacial score (nSPS) is 14.9. The fourth-order valence-corrected chi connectivity index (χ4v) is 4.62. The second kappa shape index (κ2) is 8.59. The summed E-state index contributed by atoms with van der Waals surface area (Å²) in [6, 6.07) is 20.8. The summed E-state index contributed by atoms with van der Waals surface area (Å²) >= 11 is 1.75. The van der Waals surface area contributed by atoms with E-state index < -0.39 is 0 Å². The van der Waals surface area contributed by atoms with Gasteiger partial charge in [0.15, 0.2) is 0 Å². The number of urea groups is 1. The molecule has 1 aliphatic rings. The SMILES string of the molecule is Cc1cccc(NC(=O)NC[C@H](c2cccs2)N2CCc3ccccc3C2)c1. The van der Waals surface area contributed by atoms with E-state index in [1.807, 2.05) is 31.2 Å². The van der Waals surface area contributed by atoms with Crippen LogP contribution in [0.3, 0.4) is 0 Å². The fourth-order valence-electron chi connectivity index (χ4n) is 3.76. The van der Waals surface area contributed by atoms with Crippen molar-refractivity contribution in [2.75, 3.05) is 18.4 Å². The molecule has 5 heteroatoms. The molecule has 0 unspecified atom stereocenters. The first-order valence-electron chi connectivity index (χ1n) is 9.65. The molecule has 0 bridgehead atoms. The second-order valence-corrected chi connectivity index (χ2v) is 8.20. The van der Waals surface area contributed by atoms with E-state index in [1.165, 1.54) is 16.0 Å². The molecule has 1 aromatic heterocycles. The van der Waals surface area contributed by atoms with Crippen LogP contribution in [0.2, 0.25) is 0 Å². The maximum Gasteiger partial charge on any atom is 0.319 e. The van der Waals surface area contributed by atoms with E-state index in [-0.39, 0.29) is 12.1 Å². The molecule has 28 heavy (non-hydrogen) atoms. The molecule has 0 saturated carbocycles. The maximum absolute atomic E-state index is 12.4. The van der Waals surface area contributed by atoms with Crippen LogP contribution >= 0.6 is 11.3 Å². The lowest BCUT2D eigenvalue weighted by atomic mass is 9.98. The Morgan fingerprint density at radius 2 is 1.96 bits per heavy atom. The van der Waals surface area contributed by atoms with Crippen LogP contribution in [-0.2, 0) is 13.0 Å². The Hall–Kier alpha value is -2.63. The summed E-state index contributed by atoms with van der Waals surface area (Å²) in [5.41, 5.74) is 4.77. The molecule has 4 nitrogen and oxygen atoms in total. The number of nitrogens with zero attached hydrogens (tertiary/aromatic N) is 1. The highest BCUT2D eigenvalue weighted by atomic mass is 32.1. The van der Waals surface area contributed by atoms with Crippen LogP contribution in [0.25, 0.3) is 0 Å². The minimum atomic E-state index is -0.162. The van der Waals surface area contributed by atoms with Crippen molar-refractivity contribution < 1.29 is 4.79 Å². The molecule has 0 radical (unpaired) electrons. The van der Waals surface area contributed by atoms with Crippen LogP contribution in [0, 0.1) is 6.92 Å². The van der Waals surface area contributed by atoms with Crippen LogP contribution in [0.15, 0.2) is 66.0 Å². The maximum atomic E-state index is 12.4. The number of aryl methyl sites for hydroxylation is 1. The van der Waals surface area contributed by atoms with Gasteiger partial charge >= 0.3 is 6.03 Å². The minimum Gasteiger partial charge on any atom is -0.336 e. The number of benzene rings is 2. The Balaban J connectivity index is 1.43. The van der Waals surface area contributed by atoms with Gasteiger partial charge in [-0.05, 0) is 53.6 Å². The molecule has 1 atom stereocenters. The number of anilines is 1. The molecule has 4 rings (SSSR count). The van der Waals surface area contributed by atoms with Gasteiger partial charge in [-0.15, -0.1) is 11.3 Å². The van der Waals surface area contributed by atoms with Gasteiger partial charge in [0.25, 0.3) is 0 Å². The average Bonchev–Trinajstić information content (AvgIpc) is 3.22. The van der Waals surface area contributed by atoms with Crippen LogP contribution in [0.5, 0.6) is 0 Å². The van der Waals surface area contributed by atoms with E-state index >= 15 is 0 Å². The van der Waals surface area contributed by atoms with E-state index in [4.69, 9.17) is 0 Å². The van der Waals surface area contributed by atoms with Gasteiger partial charge in [0.05, 0.1) is 6.04 Å². The Kier molecular flexibility index (Phi) is 5.74. The third kappa shape index (κ3) is 4.43. The molecule has 2 amide bonds. The number of thiophene rings is 1. The number of hydrogen-bond acceptors (Lipinski definition) is 3. The molecule has 144 valence electrons. The third-order valence-corrected chi connectivity index (χ3v) is 6.18. The van der Waals surface area contributed by atoms with Crippen molar-refractivity contribution >= 4 is 23.1 Å². The molecule has 2 heterocycles. The second-order valence-electron chi connectivity index (χ2n) is 7.22. The zero-order valence-corrected chi connectivity index (χ0v) is 16.8. The average molecular weight is 392 g/mol. The van der Waals surface area contributed by atoms with Gasteiger partial charge in [-0.2, -0.15) is 0 Å². The van der Waals surface area contributed by atoms with Gasteiger partial charge in [0, 0.05) is 30.2 Å². The first-order valence-corrected chi connectivity index (χ1v) is 10.5. The quantitative estimate of drug-likeness (QED) is 0.644. The number of amides is 2. The van der Waals surface area contributed by atoms with Gasteiger partial charge < -0.3 is 10.6 Å². The van der Waals surface area contributed by atoms with Gasteiger partial charge in [-0.3, -0.25) is 4.90 Å². The Bertz CT molecular complexity index is 939. The van der Waals surface area contributed by atoms with E-state index in [2.05, 4.69) is 57.3 Å². The first kappa shape index (κ1) is 18.7. The summed E-state index contributed by atoms with van der Waals surface area (Å²) in [5, 5.41) is 8.12. The number of hydrogen-bond donors (Lipinski definition) is 2. The predicted molar refractivity (Wildman–Crippen MR) is 116 cm³/mol. The van der Waals surface area contributed by atoms with Gasteiger partial charge in [-0.25, -0.2) is 4.79 Å². The van der Waals surface area contributed by atoms with E-state index in [0.717, 1.165) is 30.8 Å². The Morgan fingerprint density at radius 3 is 2.75 bits per heavy atom. The molecule has 1 aliphatic heterocycles. The highest BCUT2D eigenvalue weighted by molar-refractivity contribution is 7.10. The zero-order valence-electron chi connectivity index (χ0n) is 16.0. The van der Waals surface area contributed by atoms with E-state index in [1.54, 1.807) is 11.3 Å². The number of carbonyl (C=O) groups excluding carboxylic acids is 1. The molecular weight excluding hydrogens is 366 g/mol. The van der Waals surface area contributed by atoms with Crippen molar-refractivity contribution in [3.8, 4) is 0 Å². The van der Waals surface area contributed by atoms with Gasteiger partial charge in [0.1, 0.15) is 0 Å². The van der Waals surface area contributed by atoms with Crippen molar-refractivity contribution in [3.05, 3.63) is 87.6 Å². The lowest BCUT2D eigenvalue weighted by Gasteiger charge is -2.35. The number of carbonyl (C=O) groups is 1. The monoisotopic (exact) mass is 391 g/mol. The van der Waals surface area contributed by atoms with Crippen molar-refractivity contribution in [1.29, 1.82) is 0 Å². The first-order chi connectivity index (χ1) is 13.7. The molecule has 2 N–H and O–H groups in total. The molecular formula is C23H25N3OS. The van der Waals surface area contributed by atoms with Crippen molar-refractivity contribution in [1.82, 2.24) is 10.2 Å².